The van der Waals surface area contributed by atoms with Crippen molar-refractivity contribution >= 4 is 24.8 Å². The van der Waals surface area contributed by atoms with Gasteiger partial charge in [-0.1, -0.05) is 0 Å². The van der Waals surface area contributed by atoms with Gasteiger partial charge in [0.15, 0.2) is 0 Å². The molecule has 4 heteroatoms. The topological polar surface area (TPSA) is 24.9 Å². The van der Waals surface area contributed by atoms with Crippen molar-refractivity contribution in [1.29, 1.82) is 0 Å². The molecule has 78 valence electrons. The van der Waals surface area contributed by atoms with E-state index in [4.69, 9.17) is 0 Å². The summed E-state index contributed by atoms with van der Waals surface area (Å²) in [6.07, 6.45) is 6.52. The molecule has 0 radical (unpaired) electrons. The number of rotatable bonds is 0. The minimum atomic E-state index is 0. The molecule has 0 amide bonds. The van der Waals surface area contributed by atoms with Gasteiger partial charge in [0.05, 0.1) is 0 Å². The van der Waals surface area contributed by atoms with Gasteiger partial charge in [-0.25, -0.2) is 0 Å². The van der Waals surface area contributed by atoms with E-state index in [1.807, 2.05) is 12.4 Å². The molecule has 1 aromatic heterocycles. The molecule has 0 saturated carbocycles. The molecule has 0 spiro atoms. The molecule has 2 unspecified atom stereocenters. The van der Waals surface area contributed by atoms with E-state index in [2.05, 4.69) is 16.4 Å². The van der Waals surface area contributed by atoms with Crippen LogP contribution in [0.3, 0.4) is 0 Å². The standard InChI is InChI=1S/C10H12N2.2ClH/c1-3-11-6-9-7(1)5-8-2-4-12-10(8)9;;/h1,3,6,8,10,12H,2,4-5H2;2*1H. The van der Waals surface area contributed by atoms with Crippen molar-refractivity contribution < 1.29 is 0 Å². The second-order valence-corrected chi connectivity index (χ2v) is 3.76. The molecule has 2 aliphatic rings. The Bertz CT molecular complexity index is 317. The zero-order valence-electron chi connectivity index (χ0n) is 7.77. The summed E-state index contributed by atoms with van der Waals surface area (Å²) in [6.45, 7) is 1.18. The summed E-state index contributed by atoms with van der Waals surface area (Å²) in [5, 5.41) is 3.53. The van der Waals surface area contributed by atoms with E-state index < -0.39 is 0 Å². The zero-order valence-corrected chi connectivity index (χ0v) is 9.40. The molecular weight excluding hydrogens is 219 g/mol. The molecule has 1 aromatic rings. The van der Waals surface area contributed by atoms with Crippen LogP contribution in [0.4, 0.5) is 0 Å². The lowest BCUT2D eigenvalue weighted by Gasteiger charge is -2.08. The fraction of sp³-hybridized carbons (Fsp3) is 0.500. The van der Waals surface area contributed by atoms with Crippen LogP contribution in [0, 0.1) is 5.92 Å². The third-order valence-electron chi connectivity index (χ3n) is 3.11. The number of pyridine rings is 1. The maximum atomic E-state index is 4.18. The summed E-state index contributed by atoms with van der Waals surface area (Å²) in [5.74, 6) is 0.851. The van der Waals surface area contributed by atoms with Crippen LogP contribution in [-0.4, -0.2) is 11.5 Å². The normalized spacial score (nSPS) is 27.1. The smallest absolute Gasteiger partial charge is 0.0370 e. The first-order chi connectivity index (χ1) is 5.95. The molecule has 1 saturated heterocycles. The van der Waals surface area contributed by atoms with Crippen LogP contribution in [-0.2, 0) is 6.42 Å². The molecule has 2 nitrogen and oxygen atoms in total. The molecule has 14 heavy (non-hydrogen) atoms. The van der Waals surface area contributed by atoms with Crippen molar-refractivity contribution in [3.8, 4) is 0 Å². The Kier molecular flexibility index (Phi) is 3.76. The van der Waals surface area contributed by atoms with Crippen LogP contribution < -0.4 is 5.32 Å². The average molecular weight is 233 g/mol. The molecule has 3 rings (SSSR count). The van der Waals surface area contributed by atoms with E-state index in [1.54, 1.807) is 0 Å². The van der Waals surface area contributed by atoms with E-state index in [0.29, 0.717) is 6.04 Å². The predicted octanol–water partition coefficient (Wildman–Crippen LogP) is 2.13. The quantitative estimate of drug-likeness (QED) is 0.742. The Balaban J connectivity index is 0.000000490. The number of aromatic nitrogens is 1. The van der Waals surface area contributed by atoms with E-state index in [1.165, 1.54) is 30.5 Å². The highest BCUT2D eigenvalue weighted by Crippen LogP contribution is 2.40. The molecule has 1 aliphatic carbocycles. The SMILES string of the molecule is Cl.Cl.c1cc2c(cn1)C1NCCC1C2. The van der Waals surface area contributed by atoms with Crippen LogP contribution >= 0.6 is 24.8 Å². The molecular formula is C10H14Cl2N2. The number of halogens is 2. The van der Waals surface area contributed by atoms with E-state index in [-0.39, 0.29) is 24.8 Å². The Hall–Kier alpha value is -0.310. The minimum Gasteiger partial charge on any atom is -0.310 e. The van der Waals surface area contributed by atoms with Crippen molar-refractivity contribution in [2.24, 2.45) is 5.92 Å². The largest absolute Gasteiger partial charge is 0.310 e. The van der Waals surface area contributed by atoms with Gasteiger partial charge in [0.1, 0.15) is 0 Å². The van der Waals surface area contributed by atoms with Crippen LogP contribution in [0.15, 0.2) is 18.5 Å². The monoisotopic (exact) mass is 232 g/mol. The molecule has 0 bridgehead atoms. The van der Waals surface area contributed by atoms with Gasteiger partial charge in [-0.2, -0.15) is 0 Å². The second kappa shape index (κ2) is 4.47. The number of nitrogens with zero attached hydrogens (tertiary/aromatic N) is 1. The highest BCUT2D eigenvalue weighted by molar-refractivity contribution is 5.85. The Morgan fingerprint density at radius 3 is 3.07 bits per heavy atom. The van der Waals surface area contributed by atoms with Gasteiger partial charge in [0.25, 0.3) is 0 Å². The number of hydrogen-bond donors (Lipinski definition) is 1. The van der Waals surface area contributed by atoms with E-state index in [0.717, 1.165) is 5.92 Å². The summed E-state index contributed by atoms with van der Waals surface area (Å²) < 4.78 is 0. The summed E-state index contributed by atoms with van der Waals surface area (Å²) in [6, 6.07) is 2.78. The van der Waals surface area contributed by atoms with Crippen molar-refractivity contribution in [2.45, 2.75) is 18.9 Å². The third-order valence-corrected chi connectivity index (χ3v) is 3.11. The lowest BCUT2D eigenvalue weighted by atomic mass is 10.0. The first-order valence-electron chi connectivity index (χ1n) is 4.61. The van der Waals surface area contributed by atoms with Crippen LogP contribution in [0.2, 0.25) is 0 Å². The zero-order chi connectivity index (χ0) is 7.97. The van der Waals surface area contributed by atoms with Gasteiger partial charge < -0.3 is 5.32 Å². The van der Waals surface area contributed by atoms with Gasteiger partial charge >= 0.3 is 0 Å². The predicted molar refractivity (Wildman–Crippen MR) is 61.3 cm³/mol. The Labute approximate surface area is 96.3 Å². The number of nitrogens with one attached hydrogen (secondary N) is 1. The van der Waals surface area contributed by atoms with Gasteiger partial charge in [-0.05, 0) is 42.5 Å². The van der Waals surface area contributed by atoms with Crippen molar-refractivity contribution in [3.63, 3.8) is 0 Å². The molecule has 2 heterocycles. The molecule has 2 atom stereocenters. The van der Waals surface area contributed by atoms with Gasteiger partial charge in [-0.15, -0.1) is 24.8 Å². The maximum absolute atomic E-state index is 4.18. The van der Waals surface area contributed by atoms with Gasteiger partial charge in [0, 0.05) is 18.4 Å². The fourth-order valence-corrected chi connectivity index (χ4v) is 2.53. The van der Waals surface area contributed by atoms with Crippen LogP contribution in [0.25, 0.3) is 0 Å². The average Bonchev–Trinajstić information content (AvgIpc) is 2.62. The highest BCUT2D eigenvalue weighted by Gasteiger charge is 2.35. The minimum absolute atomic E-state index is 0. The number of hydrogen-bond acceptors (Lipinski definition) is 2. The first-order valence-corrected chi connectivity index (χ1v) is 4.61. The second-order valence-electron chi connectivity index (χ2n) is 3.76. The Morgan fingerprint density at radius 2 is 2.21 bits per heavy atom. The van der Waals surface area contributed by atoms with E-state index in [9.17, 15) is 0 Å². The van der Waals surface area contributed by atoms with Gasteiger partial charge in [0.2, 0.25) is 0 Å². The molecule has 1 aliphatic heterocycles. The van der Waals surface area contributed by atoms with Crippen molar-refractivity contribution in [1.82, 2.24) is 10.3 Å². The molecule has 1 N–H and O–H groups in total. The maximum Gasteiger partial charge on any atom is 0.0370 e. The lowest BCUT2D eigenvalue weighted by molar-refractivity contribution is 0.504. The summed E-state index contributed by atoms with van der Waals surface area (Å²) >= 11 is 0. The van der Waals surface area contributed by atoms with Crippen LogP contribution in [0.5, 0.6) is 0 Å². The van der Waals surface area contributed by atoms with Gasteiger partial charge in [-0.3, -0.25) is 4.98 Å². The Morgan fingerprint density at radius 1 is 1.36 bits per heavy atom. The fourth-order valence-electron chi connectivity index (χ4n) is 2.53. The molecule has 0 aromatic carbocycles. The summed E-state index contributed by atoms with van der Waals surface area (Å²) in [4.78, 5) is 4.18. The summed E-state index contributed by atoms with van der Waals surface area (Å²) in [5.41, 5.74) is 2.95. The number of fused-ring (bicyclic) bond motifs is 3. The first kappa shape index (κ1) is 11.8. The van der Waals surface area contributed by atoms with E-state index >= 15 is 0 Å². The lowest BCUT2D eigenvalue weighted by Crippen LogP contribution is -2.13. The van der Waals surface area contributed by atoms with Crippen molar-refractivity contribution in [3.05, 3.63) is 29.6 Å². The highest BCUT2D eigenvalue weighted by atomic mass is 35.5. The molecule has 1 fully saturated rings. The summed E-state index contributed by atoms with van der Waals surface area (Å²) in [7, 11) is 0. The van der Waals surface area contributed by atoms with Crippen LogP contribution in [0.1, 0.15) is 23.6 Å². The van der Waals surface area contributed by atoms with Crippen molar-refractivity contribution in [2.75, 3.05) is 6.54 Å². The third kappa shape index (κ3) is 1.62.